The SMILES string of the molecule is COc1cc(/C=c2\sc3n(c2=O)[C@H](c2ccccc2)C2=C(N=3)c3ccccc3CC2)cc(Br)c1O. The van der Waals surface area contributed by atoms with E-state index < -0.39 is 0 Å². The molecule has 0 saturated heterocycles. The maximum Gasteiger partial charge on any atom is 0.271 e. The molecular weight excluding hydrogens is 524 g/mol. The molecule has 1 aliphatic carbocycles. The molecule has 0 bridgehead atoms. The lowest BCUT2D eigenvalue weighted by atomic mass is 9.83. The third kappa shape index (κ3) is 3.66. The average molecular weight is 545 g/mol. The van der Waals surface area contributed by atoms with Gasteiger partial charge < -0.3 is 9.84 Å². The number of aromatic nitrogens is 1. The van der Waals surface area contributed by atoms with E-state index in [0.29, 0.717) is 19.6 Å². The zero-order valence-electron chi connectivity index (χ0n) is 18.9. The average Bonchev–Trinajstić information content (AvgIpc) is 3.19. The highest BCUT2D eigenvalue weighted by molar-refractivity contribution is 9.10. The number of phenolic OH excluding ortho intramolecular Hbond substituents is 1. The number of aryl methyl sites for hydroxylation is 1. The lowest BCUT2D eigenvalue weighted by Crippen LogP contribution is -2.38. The number of benzene rings is 3. The van der Waals surface area contributed by atoms with Gasteiger partial charge in [0.1, 0.15) is 0 Å². The van der Waals surface area contributed by atoms with E-state index in [9.17, 15) is 9.90 Å². The highest BCUT2D eigenvalue weighted by Gasteiger charge is 2.32. The van der Waals surface area contributed by atoms with Crippen LogP contribution in [0.25, 0.3) is 11.8 Å². The van der Waals surface area contributed by atoms with Crippen LogP contribution in [0.5, 0.6) is 11.5 Å². The van der Waals surface area contributed by atoms with Crippen molar-refractivity contribution < 1.29 is 9.84 Å². The Morgan fingerprint density at radius 1 is 1.11 bits per heavy atom. The van der Waals surface area contributed by atoms with Crippen LogP contribution in [0, 0.1) is 0 Å². The largest absolute Gasteiger partial charge is 0.503 e. The maximum absolute atomic E-state index is 13.8. The van der Waals surface area contributed by atoms with Gasteiger partial charge in [-0.2, -0.15) is 0 Å². The normalized spacial score (nSPS) is 16.9. The molecule has 4 aromatic rings. The summed E-state index contributed by atoms with van der Waals surface area (Å²) in [5.74, 6) is 0.370. The molecule has 0 unspecified atom stereocenters. The standard InChI is InChI=1S/C28H21BrN2O3S/c1-34-22-14-16(13-21(29)26(22)32)15-23-27(33)31-25(18-8-3-2-4-9-18)20-12-11-17-7-5-6-10-19(17)24(20)30-28(31)35-23/h2-10,13-15,25,32H,11-12H2,1H3/b23-15-/t25-/m1/s1. The Morgan fingerprint density at radius 2 is 1.89 bits per heavy atom. The van der Waals surface area contributed by atoms with E-state index in [0.717, 1.165) is 35.2 Å². The molecule has 0 amide bonds. The van der Waals surface area contributed by atoms with Gasteiger partial charge in [0.25, 0.3) is 5.56 Å². The molecule has 174 valence electrons. The van der Waals surface area contributed by atoms with Crippen LogP contribution in [0.15, 0.2) is 86.6 Å². The van der Waals surface area contributed by atoms with E-state index in [4.69, 9.17) is 9.73 Å². The van der Waals surface area contributed by atoms with E-state index in [1.807, 2.05) is 34.9 Å². The van der Waals surface area contributed by atoms with Crippen LogP contribution < -0.4 is 19.6 Å². The molecule has 1 aromatic heterocycles. The molecule has 1 aliphatic heterocycles. The van der Waals surface area contributed by atoms with Crippen LogP contribution in [-0.4, -0.2) is 16.8 Å². The predicted molar refractivity (Wildman–Crippen MR) is 142 cm³/mol. The second kappa shape index (κ2) is 8.66. The minimum absolute atomic E-state index is 0.0292. The van der Waals surface area contributed by atoms with E-state index >= 15 is 0 Å². The molecule has 0 radical (unpaired) electrons. The summed E-state index contributed by atoms with van der Waals surface area (Å²) in [6, 6.07) is 21.9. The van der Waals surface area contributed by atoms with Gasteiger partial charge in [0.2, 0.25) is 0 Å². The third-order valence-electron chi connectivity index (χ3n) is 6.56. The number of fused-ring (bicyclic) bond motifs is 3. The number of halogens is 1. The Bertz CT molecular complexity index is 1690. The monoisotopic (exact) mass is 544 g/mol. The molecule has 0 spiro atoms. The molecule has 7 heteroatoms. The van der Waals surface area contributed by atoms with Crippen LogP contribution in [0.3, 0.4) is 0 Å². The highest BCUT2D eigenvalue weighted by atomic mass is 79.9. The summed E-state index contributed by atoms with van der Waals surface area (Å²) in [7, 11) is 1.50. The summed E-state index contributed by atoms with van der Waals surface area (Å²) in [5.41, 5.74) is 6.38. The number of methoxy groups -OCH3 is 1. The molecule has 2 heterocycles. The molecule has 2 aliphatic rings. The number of hydrogen-bond acceptors (Lipinski definition) is 5. The number of aromatic hydroxyl groups is 1. The van der Waals surface area contributed by atoms with Crippen LogP contribution in [0.1, 0.15) is 34.7 Å². The van der Waals surface area contributed by atoms with Crippen molar-refractivity contribution in [1.82, 2.24) is 4.57 Å². The van der Waals surface area contributed by atoms with Crippen molar-refractivity contribution in [2.24, 2.45) is 4.99 Å². The van der Waals surface area contributed by atoms with E-state index in [1.165, 1.54) is 29.6 Å². The van der Waals surface area contributed by atoms with Crippen LogP contribution in [0.2, 0.25) is 0 Å². The van der Waals surface area contributed by atoms with Crippen LogP contribution in [-0.2, 0) is 6.42 Å². The molecule has 1 N–H and O–H groups in total. The lowest BCUT2D eigenvalue weighted by molar-refractivity contribution is 0.372. The van der Waals surface area contributed by atoms with E-state index in [2.05, 4.69) is 46.3 Å². The summed E-state index contributed by atoms with van der Waals surface area (Å²) >= 11 is 4.75. The zero-order chi connectivity index (χ0) is 24.1. The van der Waals surface area contributed by atoms with Crippen molar-refractivity contribution in [3.05, 3.63) is 119 Å². The minimum atomic E-state index is -0.195. The first-order chi connectivity index (χ1) is 17.0. The fraction of sp³-hybridized carbons (Fsp3) is 0.143. The molecule has 3 aromatic carbocycles. The Balaban J connectivity index is 1.61. The second-order valence-corrected chi connectivity index (χ2v) is 10.4. The van der Waals surface area contributed by atoms with Crippen molar-refractivity contribution in [3.63, 3.8) is 0 Å². The summed E-state index contributed by atoms with van der Waals surface area (Å²) in [4.78, 5) is 19.5. The van der Waals surface area contributed by atoms with Gasteiger partial charge in [-0.3, -0.25) is 9.36 Å². The minimum Gasteiger partial charge on any atom is -0.503 e. The molecule has 35 heavy (non-hydrogen) atoms. The molecular formula is C28H21BrN2O3S. The maximum atomic E-state index is 13.8. The number of allylic oxidation sites excluding steroid dienone is 1. The first-order valence-corrected chi connectivity index (χ1v) is 12.9. The molecule has 5 nitrogen and oxygen atoms in total. The molecule has 6 rings (SSSR count). The first-order valence-electron chi connectivity index (χ1n) is 11.3. The second-order valence-electron chi connectivity index (χ2n) is 8.58. The topological polar surface area (TPSA) is 63.8 Å². The Morgan fingerprint density at radius 3 is 2.69 bits per heavy atom. The quantitative estimate of drug-likeness (QED) is 0.403. The van der Waals surface area contributed by atoms with Gasteiger partial charge in [-0.1, -0.05) is 65.9 Å². The number of rotatable bonds is 3. The summed E-state index contributed by atoms with van der Waals surface area (Å²) in [6.07, 6.45) is 3.62. The van der Waals surface area contributed by atoms with Crippen molar-refractivity contribution in [1.29, 1.82) is 0 Å². The van der Waals surface area contributed by atoms with Gasteiger partial charge in [-0.05, 0) is 69.2 Å². The summed E-state index contributed by atoms with van der Waals surface area (Å²) in [5, 5.41) is 10.2. The van der Waals surface area contributed by atoms with Crippen molar-refractivity contribution in [2.45, 2.75) is 18.9 Å². The number of phenols is 1. The first kappa shape index (κ1) is 22.1. The fourth-order valence-electron chi connectivity index (χ4n) is 4.94. The number of nitrogens with zero attached hydrogens (tertiary/aromatic N) is 2. The van der Waals surface area contributed by atoms with Gasteiger partial charge in [0, 0.05) is 5.56 Å². The molecule has 0 fully saturated rings. The van der Waals surface area contributed by atoms with Crippen LogP contribution >= 0.6 is 27.3 Å². The van der Waals surface area contributed by atoms with E-state index in [1.54, 1.807) is 12.1 Å². The highest BCUT2D eigenvalue weighted by Crippen LogP contribution is 2.41. The Hall–Kier alpha value is -3.42. The molecule has 1 atom stereocenters. The molecule has 0 saturated carbocycles. The number of hydrogen-bond donors (Lipinski definition) is 1. The number of ether oxygens (including phenoxy) is 1. The fourth-order valence-corrected chi connectivity index (χ4v) is 6.40. The Kier molecular flexibility index (Phi) is 5.46. The van der Waals surface area contributed by atoms with E-state index in [-0.39, 0.29) is 17.4 Å². The Labute approximate surface area is 214 Å². The van der Waals surface area contributed by atoms with Crippen molar-refractivity contribution in [2.75, 3.05) is 7.11 Å². The lowest BCUT2D eigenvalue weighted by Gasteiger charge is -2.30. The summed E-state index contributed by atoms with van der Waals surface area (Å²) in [6.45, 7) is 0. The zero-order valence-corrected chi connectivity index (χ0v) is 21.3. The van der Waals surface area contributed by atoms with Crippen molar-refractivity contribution >= 4 is 39.0 Å². The van der Waals surface area contributed by atoms with Gasteiger partial charge >= 0.3 is 0 Å². The van der Waals surface area contributed by atoms with Crippen LogP contribution in [0.4, 0.5) is 0 Å². The van der Waals surface area contributed by atoms with Gasteiger partial charge in [0.15, 0.2) is 16.3 Å². The van der Waals surface area contributed by atoms with Gasteiger partial charge in [-0.15, -0.1) is 0 Å². The van der Waals surface area contributed by atoms with Gasteiger partial charge in [0.05, 0.1) is 27.9 Å². The third-order valence-corrected chi connectivity index (χ3v) is 8.14. The smallest absolute Gasteiger partial charge is 0.271 e. The van der Waals surface area contributed by atoms with Gasteiger partial charge in [-0.25, -0.2) is 4.99 Å². The summed E-state index contributed by atoms with van der Waals surface area (Å²) < 4.78 is 8.21. The number of thiazole rings is 1. The predicted octanol–water partition coefficient (Wildman–Crippen LogP) is 4.80. The van der Waals surface area contributed by atoms with Crippen molar-refractivity contribution in [3.8, 4) is 11.5 Å².